The zero-order valence-electron chi connectivity index (χ0n) is 61.0. The van der Waals surface area contributed by atoms with E-state index in [0.717, 1.165) is 56.9 Å². The summed E-state index contributed by atoms with van der Waals surface area (Å²) in [5, 5.41) is 27.5. The Balaban J connectivity index is -0.000000237. The fourth-order valence-corrected chi connectivity index (χ4v) is 12.3. The lowest BCUT2D eigenvalue weighted by atomic mass is 9.88. The molecule has 112 heavy (non-hydrogen) atoms. The highest BCUT2D eigenvalue weighted by Crippen LogP contribution is 2.37. The van der Waals surface area contributed by atoms with Gasteiger partial charge in [0, 0.05) is 6.42 Å². The first-order valence-corrected chi connectivity index (χ1v) is 37.4. The van der Waals surface area contributed by atoms with Crippen molar-refractivity contribution in [2.75, 3.05) is 13.2 Å². The van der Waals surface area contributed by atoms with E-state index in [4.69, 9.17) is 24.4 Å². The monoisotopic (exact) mass is 1610 g/mol. The molecule has 3 N–H and O–H groups in total. The number of hydrogen-bond donors (Lipinski definition) is 3. The minimum atomic E-state index is -5.77. The quantitative estimate of drug-likeness (QED) is 0.0104. The normalized spacial score (nSPS) is 12.4. The molecule has 0 saturated carbocycles. The summed E-state index contributed by atoms with van der Waals surface area (Å²) in [6.07, 6.45) is 8.18. The Bertz CT molecular complexity index is 3800. The van der Waals surface area contributed by atoms with Crippen LogP contribution in [0.4, 0.5) is 17.6 Å². The molecule has 1 aliphatic rings. The number of aryl methyl sites for hydroxylation is 1. The highest BCUT2D eigenvalue weighted by Gasteiger charge is 2.34. The molecule has 0 amide bonds. The Labute approximate surface area is 678 Å². The Kier molecular flexibility index (Phi) is 60.6. The molecule has 0 saturated heterocycles. The van der Waals surface area contributed by atoms with Crippen LogP contribution in [-0.2, 0) is 56.0 Å². The van der Waals surface area contributed by atoms with Gasteiger partial charge in [-0.05, 0) is 198 Å². The lowest BCUT2D eigenvalue weighted by Crippen LogP contribution is -2.28. The van der Waals surface area contributed by atoms with Gasteiger partial charge in [0.2, 0.25) is 11.6 Å². The van der Waals surface area contributed by atoms with Gasteiger partial charge in [-0.3, -0.25) is 14.4 Å². The van der Waals surface area contributed by atoms with Gasteiger partial charge in [0.05, 0.1) is 40.9 Å². The third-order valence-corrected chi connectivity index (χ3v) is 20.7. The van der Waals surface area contributed by atoms with Gasteiger partial charge in [-0.15, -0.1) is 0 Å². The Hall–Kier alpha value is -8.65. The predicted octanol–water partition coefficient (Wildman–Crippen LogP) is 27.3. The molecule has 0 radical (unpaired) electrons. The van der Waals surface area contributed by atoms with E-state index < -0.39 is 62.0 Å². The predicted molar refractivity (Wildman–Crippen MR) is 461 cm³/mol. The van der Waals surface area contributed by atoms with Crippen molar-refractivity contribution in [2.24, 2.45) is 16.7 Å². The van der Waals surface area contributed by atoms with Crippen LogP contribution in [0.15, 0.2) is 208 Å². The van der Waals surface area contributed by atoms with Crippen molar-refractivity contribution < 1.29 is 79.2 Å². The molecule has 0 fully saturated rings. The SMILES string of the molecule is C.C.C.C.C.C.C.C.C.C.CCC(C)(C)C(=O)OC1CCCc2ccccc21.CCC(C)(C)C(=O)OCCCOc1c(F)c(F)c(S(=O)(=O)[O-])c(F)c1F.CCC(C)C(=O)OC(CC)c1ccccc1.CCC(C)c1ccc(O)cc1.CCC(C)c1ccc(O)cc1.Oc1ccc([S+](c2ccccc2)c2ccccc2)cc1. The summed E-state index contributed by atoms with van der Waals surface area (Å²) in [5.74, 6) is -9.06. The van der Waals surface area contributed by atoms with E-state index in [9.17, 15) is 50.0 Å². The molecule has 0 bridgehead atoms. The van der Waals surface area contributed by atoms with Crippen LogP contribution in [-0.4, -0.2) is 59.4 Å². The summed E-state index contributed by atoms with van der Waals surface area (Å²) in [4.78, 5) is 37.1. The van der Waals surface area contributed by atoms with Gasteiger partial charge in [0.25, 0.3) is 0 Å². The molecular weight excluding hydrogens is 1470 g/mol. The number of halogens is 4. The van der Waals surface area contributed by atoms with E-state index in [-0.39, 0.29) is 134 Å². The molecule has 1 aliphatic carbocycles. The number of ether oxygens (including phenoxy) is 4. The van der Waals surface area contributed by atoms with E-state index in [0.29, 0.717) is 35.5 Å². The summed E-state index contributed by atoms with van der Waals surface area (Å²) in [7, 11) is -5.91. The second-order valence-electron chi connectivity index (χ2n) is 25.9. The summed E-state index contributed by atoms with van der Waals surface area (Å²) >= 11 is 0. The van der Waals surface area contributed by atoms with Crippen LogP contribution in [0.25, 0.3) is 0 Å². The number of fused-ring (bicyclic) bond motifs is 1. The van der Waals surface area contributed by atoms with Gasteiger partial charge in [0.1, 0.15) is 44.5 Å². The molecule has 9 rings (SSSR count). The van der Waals surface area contributed by atoms with Crippen LogP contribution >= 0.6 is 0 Å². The van der Waals surface area contributed by atoms with E-state index in [1.165, 1.54) is 36.9 Å². The van der Waals surface area contributed by atoms with Crippen molar-refractivity contribution in [3.8, 4) is 23.0 Å². The van der Waals surface area contributed by atoms with Gasteiger partial charge < -0.3 is 38.8 Å². The molecule has 19 heteroatoms. The Morgan fingerprint density at radius 1 is 0.491 bits per heavy atom. The van der Waals surface area contributed by atoms with Gasteiger partial charge in [-0.25, -0.2) is 17.2 Å². The van der Waals surface area contributed by atoms with Gasteiger partial charge in [-0.1, -0.05) is 252 Å². The average Bonchev–Trinajstić information content (AvgIpc) is 0.770. The number of aromatic hydroxyl groups is 3. The molecule has 13 nitrogen and oxygen atoms in total. The molecule has 5 unspecified atom stereocenters. The van der Waals surface area contributed by atoms with Gasteiger partial charge in [-0.2, -0.15) is 8.78 Å². The summed E-state index contributed by atoms with van der Waals surface area (Å²) in [6, 6.07) is 61.5. The van der Waals surface area contributed by atoms with E-state index in [2.05, 4.69) is 99.2 Å². The summed E-state index contributed by atoms with van der Waals surface area (Å²) in [5.41, 5.74) is 5.09. The van der Waals surface area contributed by atoms with Crippen molar-refractivity contribution in [1.29, 1.82) is 0 Å². The Morgan fingerprint density at radius 3 is 1.27 bits per heavy atom. The number of rotatable bonds is 23. The van der Waals surface area contributed by atoms with Crippen LogP contribution < -0.4 is 4.74 Å². The number of phenols is 3. The minimum absolute atomic E-state index is 0. The number of hydrogen-bond acceptors (Lipinski definition) is 13. The van der Waals surface area contributed by atoms with Crippen molar-refractivity contribution in [3.05, 3.63) is 239 Å². The van der Waals surface area contributed by atoms with Gasteiger partial charge in [0.15, 0.2) is 32.1 Å². The van der Waals surface area contributed by atoms with E-state index in [1.807, 2.05) is 126 Å². The smallest absolute Gasteiger partial charge is 0.312 e. The lowest BCUT2D eigenvalue weighted by molar-refractivity contribution is -0.161. The average molecular weight is 1610 g/mol. The molecule has 0 aliphatic heterocycles. The zero-order chi connectivity index (χ0) is 75.7. The van der Waals surface area contributed by atoms with E-state index in [1.54, 1.807) is 57.2 Å². The van der Waals surface area contributed by atoms with Crippen molar-refractivity contribution in [1.82, 2.24) is 0 Å². The number of carbonyl (C=O) groups excluding carboxylic acids is 3. The first-order chi connectivity index (χ1) is 48.4. The molecule has 5 atom stereocenters. The first-order valence-electron chi connectivity index (χ1n) is 34.8. The van der Waals surface area contributed by atoms with Crippen molar-refractivity contribution >= 4 is 38.9 Å². The molecule has 0 spiro atoms. The highest BCUT2D eigenvalue weighted by molar-refractivity contribution is 7.97. The maximum atomic E-state index is 13.7. The largest absolute Gasteiger partial charge is 0.744 e. The number of esters is 3. The highest BCUT2D eigenvalue weighted by atomic mass is 32.2. The minimum Gasteiger partial charge on any atom is -0.744 e. The topological polar surface area (TPSA) is 206 Å². The van der Waals surface area contributed by atoms with Crippen LogP contribution in [0, 0.1) is 40.0 Å². The van der Waals surface area contributed by atoms with Crippen molar-refractivity contribution in [2.45, 2.75) is 272 Å². The fourth-order valence-electron chi connectivity index (χ4n) is 9.60. The van der Waals surface area contributed by atoms with E-state index >= 15 is 0 Å². The maximum Gasteiger partial charge on any atom is 0.312 e. The molecule has 632 valence electrons. The first kappa shape index (κ1) is 117. The maximum absolute atomic E-state index is 13.7. The molecule has 8 aromatic rings. The van der Waals surface area contributed by atoms with Gasteiger partial charge >= 0.3 is 17.9 Å². The number of carbonyl (C=O) groups is 3. The summed E-state index contributed by atoms with van der Waals surface area (Å²) in [6.45, 7) is 25.0. The number of phenolic OH excluding ortho intramolecular Hbond substituents is 3. The lowest BCUT2D eigenvalue weighted by Gasteiger charge is -2.29. The molecule has 0 aromatic heterocycles. The van der Waals surface area contributed by atoms with Crippen molar-refractivity contribution in [3.63, 3.8) is 0 Å². The third kappa shape index (κ3) is 36.9. The Morgan fingerprint density at radius 2 is 0.875 bits per heavy atom. The van der Waals surface area contributed by atoms with Crippen LogP contribution in [0.1, 0.15) is 274 Å². The van der Waals surface area contributed by atoms with Crippen LogP contribution in [0.3, 0.4) is 0 Å². The second kappa shape index (κ2) is 58.2. The summed E-state index contributed by atoms with van der Waals surface area (Å²) < 4.78 is 107. The fraction of sp³-hybridized carbons (Fsp3) is 0.452. The standard InChI is InChI=1S/C18H14OS.C16H22O2.C15H18F4O6S.C14H20O2.2C10H14O.10CH4/c19-15-11-13-18(14-12-15)20(16-7-3-1-4-8-16)17-9-5-2-6-10-17;1-4-16(2,3)15(17)18-14-11-7-9-12-8-5-6-10-13(12)14;1-4-15(2,3)14(20)25-7-5-6-24-12-8(16)10(18)13(26(21,22)23)11(19)9(12)17;1-4-11(3)14(15)16-13(5-2)12-9-7-6-8-10-12;2*1-3-8(2)9-4-6-10(11)7-5-9;;;;;;;;;;/h1-14H;5-6,8,10,14H,4,7,9,11H2,1-3H3;4-7H2,1-3H3,(H,21,22,23);6-11,13H,4-5H2,1-3H3;2*4-8,11H,3H2,1-2H3;10*1H4. The zero-order valence-corrected chi connectivity index (χ0v) is 62.7. The van der Waals surface area contributed by atoms with Crippen LogP contribution in [0.2, 0.25) is 0 Å². The molecule has 8 aromatic carbocycles. The second-order valence-corrected chi connectivity index (χ2v) is 29.3. The number of benzene rings is 8. The third-order valence-electron chi connectivity index (χ3n) is 17.6. The molecular formula is C93H142F4O13S2. The molecule has 0 heterocycles. The van der Waals surface area contributed by atoms with Crippen LogP contribution in [0.5, 0.6) is 23.0 Å².